The fraction of sp³-hybridized carbons (Fsp3) is 0.480. The van der Waals surface area contributed by atoms with Crippen LogP contribution >= 0.6 is 0 Å². The zero-order valence-electron chi connectivity index (χ0n) is 20.1. The molecule has 0 atom stereocenters. The third kappa shape index (κ3) is 7.86. The van der Waals surface area contributed by atoms with Gasteiger partial charge in [0.25, 0.3) is 0 Å². The fourth-order valence-electron chi connectivity index (χ4n) is 3.34. The Labute approximate surface area is 193 Å². The Bertz CT molecular complexity index is 1010. The number of carbonyl (C=O) groups is 1. The predicted molar refractivity (Wildman–Crippen MR) is 131 cm³/mol. The Morgan fingerprint density at radius 1 is 1.06 bits per heavy atom. The summed E-state index contributed by atoms with van der Waals surface area (Å²) in [6, 6.07) is 13.7. The zero-order valence-corrected chi connectivity index (χ0v) is 20.9. The Morgan fingerprint density at radius 2 is 1.72 bits per heavy atom. The number of rotatable bonds is 10. The maximum atomic E-state index is 12.3. The van der Waals surface area contributed by atoms with Crippen molar-refractivity contribution in [1.82, 2.24) is 5.32 Å². The molecule has 1 amide bonds. The van der Waals surface area contributed by atoms with E-state index in [1.165, 1.54) is 16.1 Å². The van der Waals surface area contributed by atoms with Crippen molar-refractivity contribution in [1.29, 1.82) is 0 Å². The number of sulfonamides is 1. The molecule has 0 aliphatic rings. The van der Waals surface area contributed by atoms with E-state index in [9.17, 15) is 13.2 Å². The van der Waals surface area contributed by atoms with Crippen LogP contribution < -0.4 is 14.4 Å². The van der Waals surface area contributed by atoms with Crippen molar-refractivity contribution >= 4 is 21.6 Å². The van der Waals surface area contributed by atoms with E-state index in [1.807, 2.05) is 44.2 Å². The zero-order chi connectivity index (χ0) is 23.9. The van der Waals surface area contributed by atoms with Crippen LogP contribution in [0.3, 0.4) is 0 Å². The Balaban J connectivity index is 1.78. The second-order valence-electron chi connectivity index (χ2n) is 9.20. The van der Waals surface area contributed by atoms with Crippen LogP contribution in [0.25, 0.3) is 0 Å². The van der Waals surface area contributed by atoms with E-state index in [1.54, 1.807) is 0 Å². The molecular formula is C25H36N2O4S. The van der Waals surface area contributed by atoms with Gasteiger partial charge in [0, 0.05) is 13.0 Å². The van der Waals surface area contributed by atoms with Gasteiger partial charge in [0.1, 0.15) is 12.4 Å². The summed E-state index contributed by atoms with van der Waals surface area (Å²) in [7, 11) is -3.44. The van der Waals surface area contributed by atoms with Crippen LogP contribution in [-0.4, -0.2) is 40.3 Å². The standard InChI is InChI=1S/C25H36N2O4S/c1-19-9-10-20(2)23(18-19)27(32(6,29)30)16-7-8-24(28)26-15-17-31-22-13-11-21(12-14-22)25(3,4)5/h9-14,18H,7-8,15-17H2,1-6H3,(H,26,28). The summed E-state index contributed by atoms with van der Waals surface area (Å²) in [5.41, 5.74) is 3.88. The molecule has 176 valence electrons. The Kier molecular flexibility index (Phi) is 8.73. The number of anilines is 1. The smallest absolute Gasteiger partial charge is 0.232 e. The molecular weight excluding hydrogens is 424 g/mol. The van der Waals surface area contributed by atoms with Crippen molar-refractivity contribution in [3.63, 3.8) is 0 Å². The normalized spacial score (nSPS) is 11.8. The number of nitrogens with zero attached hydrogens (tertiary/aromatic N) is 1. The minimum absolute atomic E-state index is 0.0945. The van der Waals surface area contributed by atoms with E-state index in [0.29, 0.717) is 25.3 Å². The Morgan fingerprint density at radius 3 is 2.31 bits per heavy atom. The summed E-state index contributed by atoms with van der Waals surface area (Å²) < 4.78 is 31.7. The number of carbonyl (C=O) groups excluding carboxylic acids is 1. The molecule has 0 fully saturated rings. The van der Waals surface area contributed by atoms with E-state index in [2.05, 4.69) is 38.2 Å². The van der Waals surface area contributed by atoms with Crippen LogP contribution in [-0.2, 0) is 20.2 Å². The first-order valence-corrected chi connectivity index (χ1v) is 12.8. The van der Waals surface area contributed by atoms with Gasteiger partial charge in [-0.3, -0.25) is 9.10 Å². The van der Waals surface area contributed by atoms with Gasteiger partial charge in [0.2, 0.25) is 15.9 Å². The summed E-state index contributed by atoms with van der Waals surface area (Å²) in [5.74, 6) is 0.649. The SMILES string of the molecule is Cc1ccc(C)c(N(CCCC(=O)NCCOc2ccc(C(C)(C)C)cc2)S(C)(=O)=O)c1. The minimum Gasteiger partial charge on any atom is -0.492 e. The molecule has 2 aromatic rings. The largest absolute Gasteiger partial charge is 0.492 e. The molecule has 32 heavy (non-hydrogen) atoms. The summed E-state index contributed by atoms with van der Waals surface area (Å²) in [5, 5.41) is 2.83. The van der Waals surface area contributed by atoms with Crippen LogP contribution in [0.2, 0.25) is 0 Å². The van der Waals surface area contributed by atoms with Crippen molar-refractivity contribution in [3.05, 3.63) is 59.2 Å². The van der Waals surface area contributed by atoms with Crippen LogP contribution in [0, 0.1) is 13.8 Å². The summed E-state index contributed by atoms with van der Waals surface area (Å²) in [6.45, 7) is 11.3. The highest BCUT2D eigenvalue weighted by atomic mass is 32.2. The van der Waals surface area contributed by atoms with Gasteiger partial charge < -0.3 is 10.1 Å². The molecule has 0 unspecified atom stereocenters. The molecule has 0 bridgehead atoms. The van der Waals surface area contributed by atoms with Crippen molar-refractivity contribution in [2.24, 2.45) is 0 Å². The first kappa shape index (κ1) is 25.7. The van der Waals surface area contributed by atoms with Gasteiger partial charge in [-0.15, -0.1) is 0 Å². The lowest BCUT2D eigenvalue weighted by molar-refractivity contribution is -0.121. The number of amides is 1. The molecule has 0 heterocycles. The number of ether oxygens (including phenoxy) is 1. The molecule has 2 rings (SSSR count). The highest BCUT2D eigenvalue weighted by molar-refractivity contribution is 7.92. The molecule has 0 saturated heterocycles. The second kappa shape index (κ2) is 10.9. The average Bonchev–Trinajstić information content (AvgIpc) is 2.69. The number of benzene rings is 2. The molecule has 7 heteroatoms. The van der Waals surface area contributed by atoms with Crippen molar-refractivity contribution in [2.75, 3.05) is 30.3 Å². The second-order valence-corrected chi connectivity index (χ2v) is 11.1. The lowest BCUT2D eigenvalue weighted by Gasteiger charge is -2.24. The highest BCUT2D eigenvalue weighted by Gasteiger charge is 2.19. The fourth-order valence-corrected chi connectivity index (χ4v) is 4.35. The highest BCUT2D eigenvalue weighted by Crippen LogP contribution is 2.25. The molecule has 6 nitrogen and oxygen atoms in total. The molecule has 1 N–H and O–H groups in total. The van der Waals surface area contributed by atoms with E-state index in [-0.39, 0.29) is 24.3 Å². The Hall–Kier alpha value is -2.54. The summed E-state index contributed by atoms with van der Waals surface area (Å²) in [6.07, 6.45) is 1.87. The predicted octanol–water partition coefficient (Wildman–Crippen LogP) is 4.34. The van der Waals surface area contributed by atoms with Crippen molar-refractivity contribution in [2.45, 2.75) is 52.9 Å². The van der Waals surface area contributed by atoms with Crippen LogP contribution in [0.15, 0.2) is 42.5 Å². The molecule has 0 radical (unpaired) electrons. The quantitative estimate of drug-likeness (QED) is 0.535. The molecule has 0 spiro atoms. The van der Waals surface area contributed by atoms with Gasteiger partial charge in [-0.25, -0.2) is 8.42 Å². The monoisotopic (exact) mass is 460 g/mol. The summed E-state index contributed by atoms with van der Waals surface area (Å²) >= 11 is 0. The van der Waals surface area contributed by atoms with Crippen molar-refractivity contribution in [3.8, 4) is 5.75 Å². The van der Waals surface area contributed by atoms with Gasteiger partial charge in [0.15, 0.2) is 0 Å². The lowest BCUT2D eigenvalue weighted by Crippen LogP contribution is -2.33. The molecule has 0 aromatic heterocycles. The van der Waals surface area contributed by atoms with Gasteiger partial charge in [-0.1, -0.05) is 45.0 Å². The van der Waals surface area contributed by atoms with Crippen LogP contribution in [0.4, 0.5) is 5.69 Å². The topological polar surface area (TPSA) is 75.7 Å². The van der Waals surface area contributed by atoms with E-state index in [0.717, 1.165) is 16.9 Å². The van der Waals surface area contributed by atoms with Gasteiger partial charge in [-0.2, -0.15) is 0 Å². The third-order valence-corrected chi connectivity index (χ3v) is 6.39. The lowest BCUT2D eigenvalue weighted by atomic mass is 9.87. The molecule has 2 aromatic carbocycles. The minimum atomic E-state index is -3.44. The third-order valence-electron chi connectivity index (χ3n) is 5.21. The van der Waals surface area contributed by atoms with E-state index in [4.69, 9.17) is 4.74 Å². The number of hydrogen-bond donors (Lipinski definition) is 1. The van der Waals surface area contributed by atoms with Gasteiger partial charge >= 0.3 is 0 Å². The summed E-state index contributed by atoms with van der Waals surface area (Å²) in [4.78, 5) is 12.2. The number of nitrogens with one attached hydrogen (secondary N) is 1. The van der Waals surface area contributed by atoms with E-state index < -0.39 is 10.0 Å². The van der Waals surface area contributed by atoms with Gasteiger partial charge in [0.05, 0.1) is 18.5 Å². The average molecular weight is 461 g/mol. The first-order valence-electron chi connectivity index (χ1n) is 10.9. The van der Waals surface area contributed by atoms with Crippen LogP contribution in [0.5, 0.6) is 5.75 Å². The van der Waals surface area contributed by atoms with Crippen LogP contribution in [0.1, 0.15) is 50.3 Å². The number of aryl methyl sites for hydroxylation is 2. The molecule has 0 aliphatic heterocycles. The molecule has 0 aliphatic carbocycles. The molecule has 0 saturated carbocycles. The maximum Gasteiger partial charge on any atom is 0.232 e. The maximum absolute atomic E-state index is 12.3. The van der Waals surface area contributed by atoms with Crippen molar-refractivity contribution < 1.29 is 17.9 Å². The van der Waals surface area contributed by atoms with Gasteiger partial charge in [-0.05, 0) is 60.6 Å². The van der Waals surface area contributed by atoms with E-state index >= 15 is 0 Å². The number of hydrogen-bond acceptors (Lipinski definition) is 4. The first-order chi connectivity index (χ1) is 14.9.